The van der Waals surface area contributed by atoms with E-state index in [1.54, 1.807) is 12.3 Å². The number of nitrogens with one attached hydrogen (secondary N) is 2. The molecule has 0 aliphatic carbocycles. The average Bonchev–Trinajstić information content (AvgIpc) is 2.45. The second kappa shape index (κ2) is 5.95. The quantitative estimate of drug-likeness (QED) is 0.866. The van der Waals surface area contributed by atoms with Gasteiger partial charge < -0.3 is 10.3 Å². The lowest BCUT2D eigenvalue weighted by Gasteiger charge is -2.08. The van der Waals surface area contributed by atoms with E-state index in [4.69, 9.17) is 0 Å². The zero-order valence-electron chi connectivity index (χ0n) is 10.6. The highest BCUT2D eigenvalue weighted by atomic mass is 16.2. The Morgan fingerprint density at radius 2 is 2.26 bits per heavy atom. The smallest absolute Gasteiger partial charge is 0.251 e. The van der Waals surface area contributed by atoms with Crippen LogP contribution in [0.5, 0.6) is 0 Å². The molecule has 0 atom stereocenters. The molecule has 1 amide bonds. The molecule has 0 radical (unpaired) electrons. The lowest BCUT2D eigenvalue weighted by molar-refractivity contribution is 0.0950. The molecule has 2 heterocycles. The van der Waals surface area contributed by atoms with Crippen molar-refractivity contribution in [2.45, 2.75) is 19.9 Å². The molecule has 19 heavy (non-hydrogen) atoms. The lowest BCUT2D eigenvalue weighted by Crippen LogP contribution is -2.25. The number of aromatic amines is 1. The van der Waals surface area contributed by atoms with Gasteiger partial charge in [-0.3, -0.25) is 14.6 Å². The molecule has 0 unspecified atom stereocenters. The Balaban J connectivity index is 2.06. The number of hydrogen-bond donors (Lipinski definition) is 2. The normalized spacial score (nSPS) is 10.2. The largest absolute Gasteiger partial charge is 0.346 e. The number of amides is 1. The topological polar surface area (TPSA) is 74.8 Å². The summed E-state index contributed by atoms with van der Waals surface area (Å²) in [6.45, 7) is 2.40. The van der Waals surface area contributed by atoms with Crippen LogP contribution in [-0.4, -0.2) is 15.9 Å². The number of rotatable bonds is 4. The number of hydrogen-bond acceptors (Lipinski definition) is 3. The van der Waals surface area contributed by atoms with Gasteiger partial charge in [0.1, 0.15) is 0 Å². The number of aryl methyl sites for hydroxylation is 1. The summed E-state index contributed by atoms with van der Waals surface area (Å²) in [7, 11) is 0. The Hall–Kier alpha value is -2.43. The number of aromatic nitrogens is 2. The maximum atomic E-state index is 11.9. The van der Waals surface area contributed by atoms with Crippen molar-refractivity contribution in [3.8, 4) is 0 Å². The van der Waals surface area contributed by atoms with Gasteiger partial charge in [-0.15, -0.1) is 0 Å². The van der Waals surface area contributed by atoms with Gasteiger partial charge in [0.15, 0.2) is 0 Å². The summed E-state index contributed by atoms with van der Waals surface area (Å²) in [4.78, 5) is 29.7. The van der Waals surface area contributed by atoms with Crippen LogP contribution in [0, 0.1) is 0 Å². The van der Waals surface area contributed by atoms with Gasteiger partial charge in [-0.1, -0.05) is 13.0 Å². The van der Waals surface area contributed by atoms with E-state index in [9.17, 15) is 9.59 Å². The number of carbonyl (C=O) groups is 1. The van der Waals surface area contributed by atoms with Crippen molar-refractivity contribution in [3.05, 3.63) is 63.8 Å². The van der Waals surface area contributed by atoms with Gasteiger partial charge in [0.25, 0.3) is 5.91 Å². The third-order valence-electron chi connectivity index (χ3n) is 2.82. The van der Waals surface area contributed by atoms with E-state index in [0.29, 0.717) is 12.1 Å². The van der Waals surface area contributed by atoms with Crippen molar-refractivity contribution in [2.24, 2.45) is 0 Å². The van der Waals surface area contributed by atoms with Crippen LogP contribution in [-0.2, 0) is 13.0 Å². The molecule has 0 aromatic carbocycles. The molecule has 0 aliphatic heterocycles. The SMILES string of the molecule is CCc1cccnc1CNC(=O)c1cc[nH]c(=O)c1. The summed E-state index contributed by atoms with van der Waals surface area (Å²) in [6.07, 6.45) is 4.02. The second-order valence-electron chi connectivity index (χ2n) is 4.09. The van der Waals surface area contributed by atoms with Gasteiger partial charge in [-0.05, 0) is 24.1 Å². The van der Waals surface area contributed by atoms with E-state index in [2.05, 4.69) is 15.3 Å². The maximum Gasteiger partial charge on any atom is 0.251 e. The zero-order valence-corrected chi connectivity index (χ0v) is 10.6. The first-order valence-electron chi connectivity index (χ1n) is 6.10. The van der Waals surface area contributed by atoms with E-state index in [1.807, 2.05) is 19.1 Å². The third-order valence-corrected chi connectivity index (χ3v) is 2.82. The Kier molecular flexibility index (Phi) is 4.07. The average molecular weight is 257 g/mol. The molecule has 5 heteroatoms. The third kappa shape index (κ3) is 3.28. The highest BCUT2D eigenvalue weighted by Crippen LogP contribution is 2.06. The Morgan fingerprint density at radius 1 is 1.42 bits per heavy atom. The molecule has 98 valence electrons. The molecule has 0 spiro atoms. The standard InChI is InChI=1S/C14H15N3O2/c1-2-10-4-3-6-15-12(10)9-17-14(19)11-5-7-16-13(18)8-11/h3-8H,2,9H2,1H3,(H,16,18)(H,17,19). The molecular formula is C14H15N3O2. The fraction of sp³-hybridized carbons (Fsp3) is 0.214. The van der Waals surface area contributed by atoms with Crippen LogP contribution >= 0.6 is 0 Å². The fourth-order valence-corrected chi connectivity index (χ4v) is 1.80. The first-order valence-corrected chi connectivity index (χ1v) is 6.10. The van der Waals surface area contributed by atoms with Crippen molar-refractivity contribution < 1.29 is 4.79 Å². The Labute approximate surface area is 110 Å². The highest BCUT2D eigenvalue weighted by molar-refractivity contribution is 5.93. The molecule has 2 N–H and O–H groups in total. The van der Waals surface area contributed by atoms with Crippen molar-refractivity contribution >= 4 is 5.91 Å². The minimum atomic E-state index is -0.292. The van der Waals surface area contributed by atoms with Crippen molar-refractivity contribution in [1.82, 2.24) is 15.3 Å². The molecule has 0 aliphatic rings. The van der Waals surface area contributed by atoms with Crippen LogP contribution < -0.4 is 10.9 Å². The molecule has 5 nitrogen and oxygen atoms in total. The van der Waals surface area contributed by atoms with Crippen molar-refractivity contribution in [2.75, 3.05) is 0 Å². The molecule has 2 aromatic heterocycles. The molecule has 2 rings (SSSR count). The van der Waals surface area contributed by atoms with E-state index in [0.717, 1.165) is 17.7 Å². The van der Waals surface area contributed by atoms with Crippen LogP contribution in [0.4, 0.5) is 0 Å². The van der Waals surface area contributed by atoms with Crippen molar-refractivity contribution in [3.63, 3.8) is 0 Å². The van der Waals surface area contributed by atoms with Crippen LogP contribution in [0.15, 0.2) is 41.5 Å². The first kappa shape index (κ1) is 13.0. The van der Waals surface area contributed by atoms with Crippen LogP contribution in [0.25, 0.3) is 0 Å². The summed E-state index contributed by atoms with van der Waals surface area (Å²) < 4.78 is 0. The molecule has 0 bridgehead atoms. The molecule has 0 saturated carbocycles. The Morgan fingerprint density at radius 3 is 3.00 bits per heavy atom. The number of nitrogens with zero attached hydrogens (tertiary/aromatic N) is 1. The Bertz CT molecular complexity index is 634. The van der Waals surface area contributed by atoms with E-state index >= 15 is 0 Å². The lowest BCUT2D eigenvalue weighted by atomic mass is 10.1. The maximum absolute atomic E-state index is 11.9. The van der Waals surface area contributed by atoms with Gasteiger partial charge in [0.2, 0.25) is 5.56 Å². The molecule has 0 fully saturated rings. The number of H-pyrrole nitrogens is 1. The van der Waals surface area contributed by atoms with Gasteiger partial charge in [-0.25, -0.2) is 0 Å². The summed E-state index contributed by atoms with van der Waals surface area (Å²) in [5.41, 5.74) is 2.01. The number of carbonyl (C=O) groups excluding carboxylic acids is 1. The second-order valence-corrected chi connectivity index (χ2v) is 4.09. The fourth-order valence-electron chi connectivity index (χ4n) is 1.80. The number of pyridine rings is 2. The minimum absolute atomic E-state index is 0.279. The first-order chi connectivity index (χ1) is 9.20. The minimum Gasteiger partial charge on any atom is -0.346 e. The molecule has 2 aromatic rings. The van der Waals surface area contributed by atoms with Gasteiger partial charge >= 0.3 is 0 Å². The summed E-state index contributed by atoms with van der Waals surface area (Å²) >= 11 is 0. The van der Waals surface area contributed by atoms with Crippen LogP contribution in [0.1, 0.15) is 28.5 Å². The van der Waals surface area contributed by atoms with Crippen molar-refractivity contribution in [1.29, 1.82) is 0 Å². The van der Waals surface area contributed by atoms with Gasteiger partial charge in [-0.2, -0.15) is 0 Å². The van der Waals surface area contributed by atoms with E-state index in [1.165, 1.54) is 12.3 Å². The van der Waals surface area contributed by atoms with E-state index in [-0.39, 0.29) is 11.5 Å². The predicted molar refractivity (Wildman–Crippen MR) is 71.8 cm³/mol. The summed E-state index contributed by atoms with van der Waals surface area (Å²) in [5.74, 6) is -0.279. The van der Waals surface area contributed by atoms with E-state index < -0.39 is 0 Å². The predicted octanol–water partition coefficient (Wildman–Crippen LogP) is 1.26. The molecule has 0 saturated heterocycles. The summed E-state index contributed by atoms with van der Waals surface area (Å²) in [6, 6.07) is 6.70. The highest BCUT2D eigenvalue weighted by Gasteiger charge is 2.07. The van der Waals surface area contributed by atoms with Crippen LogP contribution in [0.2, 0.25) is 0 Å². The van der Waals surface area contributed by atoms with Crippen LogP contribution in [0.3, 0.4) is 0 Å². The zero-order chi connectivity index (χ0) is 13.7. The molecular weight excluding hydrogens is 242 g/mol. The van der Waals surface area contributed by atoms with Gasteiger partial charge in [0, 0.05) is 24.0 Å². The monoisotopic (exact) mass is 257 g/mol. The summed E-state index contributed by atoms with van der Waals surface area (Å²) in [5, 5.41) is 2.76. The van der Waals surface area contributed by atoms with Gasteiger partial charge in [0.05, 0.1) is 12.2 Å².